The predicted molar refractivity (Wildman–Crippen MR) is 72.1 cm³/mol. The molecule has 1 amide bonds. The van der Waals surface area contributed by atoms with Crippen LogP contribution < -0.4 is 0 Å². The maximum atomic E-state index is 11.8. The fraction of sp³-hybridized carbons (Fsp3) is 0.917. The molecule has 1 atom stereocenters. The number of thioether (sulfide) groups is 1. The highest BCUT2D eigenvalue weighted by molar-refractivity contribution is 7.99. The third-order valence-corrected chi connectivity index (χ3v) is 3.64. The van der Waals surface area contributed by atoms with E-state index in [2.05, 4.69) is 0 Å². The average Bonchev–Trinajstić information content (AvgIpc) is 2.36. The summed E-state index contributed by atoms with van der Waals surface area (Å²) in [4.78, 5) is 13.6. The van der Waals surface area contributed by atoms with E-state index in [1.165, 1.54) is 0 Å². The van der Waals surface area contributed by atoms with Crippen LogP contribution in [0.2, 0.25) is 0 Å². The molecule has 0 saturated heterocycles. The van der Waals surface area contributed by atoms with Crippen molar-refractivity contribution in [2.45, 2.75) is 26.7 Å². The lowest BCUT2D eigenvalue weighted by Gasteiger charge is -2.23. The Balaban J connectivity index is 3.71. The number of hydrogen-bond acceptors (Lipinski definition) is 4. The molecular formula is C12H25NO3S. The van der Waals surface area contributed by atoms with E-state index < -0.39 is 0 Å². The van der Waals surface area contributed by atoms with Crippen LogP contribution in [0, 0.1) is 5.92 Å². The van der Waals surface area contributed by atoms with Gasteiger partial charge < -0.3 is 15.1 Å². The average molecular weight is 263 g/mol. The van der Waals surface area contributed by atoms with Gasteiger partial charge in [0.05, 0.1) is 19.1 Å². The highest BCUT2D eigenvalue weighted by atomic mass is 32.2. The van der Waals surface area contributed by atoms with Crippen LogP contribution in [0.5, 0.6) is 0 Å². The molecule has 17 heavy (non-hydrogen) atoms. The number of rotatable bonds is 10. The number of hydrogen-bond donors (Lipinski definition) is 2. The van der Waals surface area contributed by atoms with E-state index in [1.54, 1.807) is 23.6 Å². The van der Waals surface area contributed by atoms with Crippen LogP contribution in [0.3, 0.4) is 0 Å². The monoisotopic (exact) mass is 263 g/mol. The molecule has 0 bridgehead atoms. The Kier molecular flexibility index (Phi) is 10.7. The second kappa shape index (κ2) is 10.9. The lowest BCUT2D eigenvalue weighted by atomic mass is 10.1. The van der Waals surface area contributed by atoms with E-state index in [9.17, 15) is 4.79 Å². The molecule has 0 rings (SSSR count). The van der Waals surface area contributed by atoms with E-state index in [0.29, 0.717) is 6.54 Å². The molecule has 0 aromatic heterocycles. The van der Waals surface area contributed by atoms with Gasteiger partial charge in [0.1, 0.15) is 0 Å². The maximum Gasteiger partial charge on any atom is 0.227 e. The molecule has 0 aliphatic rings. The number of aliphatic hydroxyl groups is 2. The number of carbonyl (C=O) groups excluding carboxylic acids is 1. The van der Waals surface area contributed by atoms with Crippen molar-refractivity contribution in [3.8, 4) is 0 Å². The summed E-state index contributed by atoms with van der Waals surface area (Å²) in [6.45, 7) is 5.33. The fourth-order valence-electron chi connectivity index (χ4n) is 1.49. The Labute approximate surface area is 108 Å². The standard InChI is InChI=1S/C12H25NO3S/c1-3-13(12(16)11(2)10-15)6-4-5-8-17-9-7-14/h11,14-15H,3-10H2,1-2H3. The van der Waals surface area contributed by atoms with Crippen molar-refractivity contribution in [1.82, 2.24) is 4.90 Å². The van der Waals surface area contributed by atoms with E-state index in [1.807, 2.05) is 6.92 Å². The van der Waals surface area contributed by atoms with E-state index in [-0.39, 0.29) is 25.0 Å². The van der Waals surface area contributed by atoms with E-state index in [0.717, 1.165) is 30.9 Å². The van der Waals surface area contributed by atoms with Gasteiger partial charge in [-0.3, -0.25) is 4.79 Å². The van der Waals surface area contributed by atoms with Gasteiger partial charge in [-0.25, -0.2) is 0 Å². The number of nitrogens with zero attached hydrogens (tertiary/aromatic N) is 1. The topological polar surface area (TPSA) is 60.8 Å². The van der Waals surface area contributed by atoms with Crippen LogP contribution in [0.4, 0.5) is 0 Å². The molecule has 0 aliphatic carbocycles. The second-order valence-electron chi connectivity index (χ2n) is 4.04. The Morgan fingerprint density at radius 1 is 1.29 bits per heavy atom. The number of unbranched alkanes of at least 4 members (excludes halogenated alkanes) is 1. The van der Waals surface area contributed by atoms with Crippen molar-refractivity contribution < 1.29 is 15.0 Å². The van der Waals surface area contributed by atoms with Gasteiger partial charge >= 0.3 is 0 Å². The summed E-state index contributed by atoms with van der Waals surface area (Å²) >= 11 is 1.74. The molecule has 0 radical (unpaired) electrons. The fourth-order valence-corrected chi connectivity index (χ4v) is 2.23. The van der Waals surface area contributed by atoms with Gasteiger partial charge in [-0.1, -0.05) is 6.92 Å². The summed E-state index contributed by atoms with van der Waals surface area (Å²) in [5.74, 6) is 1.57. The number of carbonyl (C=O) groups is 1. The molecule has 5 heteroatoms. The minimum atomic E-state index is -0.293. The third kappa shape index (κ3) is 7.63. The zero-order valence-corrected chi connectivity index (χ0v) is 11.7. The van der Waals surface area contributed by atoms with Crippen molar-refractivity contribution in [2.75, 3.05) is 37.8 Å². The smallest absolute Gasteiger partial charge is 0.227 e. The van der Waals surface area contributed by atoms with Gasteiger partial charge in [0.2, 0.25) is 5.91 Å². The quantitative estimate of drug-likeness (QED) is 0.577. The molecule has 0 heterocycles. The third-order valence-electron chi connectivity index (χ3n) is 2.59. The van der Waals surface area contributed by atoms with Crippen LogP contribution in [0.25, 0.3) is 0 Å². The molecule has 0 saturated carbocycles. The summed E-state index contributed by atoms with van der Waals surface area (Å²) in [6.07, 6.45) is 2.04. The summed E-state index contributed by atoms with van der Waals surface area (Å²) in [7, 11) is 0. The van der Waals surface area contributed by atoms with Gasteiger partial charge in [0.15, 0.2) is 0 Å². The highest BCUT2D eigenvalue weighted by Crippen LogP contribution is 2.07. The maximum absolute atomic E-state index is 11.8. The highest BCUT2D eigenvalue weighted by Gasteiger charge is 2.17. The Morgan fingerprint density at radius 2 is 2.00 bits per heavy atom. The largest absolute Gasteiger partial charge is 0.396 e. The lowest BCUT2D eigenvalue weighted by Crippen LogP contribution is -2.37. The molecule has 0 aromatic rings. The van der Waals surface area contributed by atoms with Crippen molar-refractivity contribution >= 4 is 17.7 Å². The van der Waals surface area contributed by atoms with E-state index >= 15 is 0 Å². The van der Waals surface area contributed by atoms with Crippen molar-refractivity contribution in [3.63, 3.8) is 0 Å². The first-order valence-corrected chi connectivity index (χ1v) is 7.41. The SMILES string of the molecule is CCN(CCCCSCCO)C(=O)C(C)CO. The summed E-state index contributed by atoms with van der Waals surface area (Å²) in [6, 6.07) is 0. The molecule has 102 valence electrons. The van der Waals surface area contributed by atoms with Gasteiger partial charge in [-0.15, -0.1) is 0 Å². The minimum Gasteiger partial charge on any atom is -0.396 e. The van der Waals surface area contributed by atoms with Crippen molar-refractivity contribution in [1.29, 1.82) is 0 Å². The first-order valence-electron chi connectivity index (χ1n) is 6.25. The van der Waals surface area contributed by atoms with Crippen molar-refractivity contribution in [2.24, 2.45) is 5.92 Å². The minimum absolute atomic E-state index is 0.0398. The Bertz CT molecular complexity index is 202. The molecule has 4 nitrogen and oxygen atoms in total. The molecular weight excluding hydrogens is 238 g/mol. The van der Waals surface area contributed by atoms with Gasteiger partial charge in [-0.2, -0.15) is 11.8 Å². The first-order chi connectivity index (χ1) is 8.17. The normalized spacial score (nSPS) is 12.5. The predicted octanol–water partition coefficient (Wildman–Crippen LogP) is 0.969. The Morgan fingerprint density at radius 3 is 2.53 bits per heavy atom. The molecule has 0 aromatic carbocycles. The lowest BCUT2D eigenvalue weighted by molar-refractivity contribution is -0.136. The molecule has 0 aliphatic heterocycles. The number of aliphatic hydroxyl groups excluding tert-OH is 2. The van der Waals surface area contributed by atoms with Crippen LogP contribution in [0.15, 0.2) is 0 Å². The molecule has 1 unspecified atom stereocenters. The van der Waals surface area contributed by atoms with Crippen LogP contribution >= 0.6 is 11.8 Å². The van der Waals surface area contributed by atoms with Crippen LogP contribution in [-0.4, -0.2) is 58.8 Å². The second-order valence-corrected chi connectivity index (χ2v) is 5.27. The van der Waals surface area contributed by atoms with Crippen LogP contribution in [-0.2, 0) is 4.79 Å². The van der Waals surface area contributed by atoms with Crippen LogP contribution in [0.1, 0.15) is 26.7 Å². The zero-order valence-electron chi connectivity index (χ0n) is 10.9. The molecule has 0 spiro atoms. The van der Waals surface area contributed by atoms with Gasteiger partial charge in [0, 0.05) is 18.8 Å². The van der Waals surface area contributed by atoms with E-state index in [4.69, 9.17) is 10.2 Å². The first kappa shape index (κ1) is 16.7. The summed E-state index contributed by atoms with van der Waals surface area (Å²) in [5, 5.41) is 17.6. The van der Waals surface area contributed by atoms with Gasteiger partial charge in [-0.05, 0) is 25.5 Å². The molecule has 0 fully saturated rings. The van der Waals surface area contributed by atoms with Gasteiger partial charge in [0.25, 0.3) is 0 Å². The molecule has 2 N–H and O–H groups in total. The van der Waals surface area contributed by atoms with Crippen molar-refractivity contribution in [3.05, 3.63) is 0 Å². The number of amides is 1. The summed E-state index contributed by atoms with van der Waals surface area (Å²) < 4.78 is 0. The summed E-state index contributed by atoms with van der Waals surface area (Å²) in [5.41, 5.74) is 0. The zero-order chi connectivity index (χ0) is 13.1. The Hall–Kier alpha value is -0.260.